The molecule has 0 aliphatic heterocycles. The molecule has 7 heteroatoms. The lowest BCUT2D eigenvalue weighted by Crippen LogP contribution is -2.41. The molecule has 24 heavy (non-hydrogen) atoms. The summed E-state index contributed by atoms with van der Waals surface area (Å²) in [4.78, 5) is 23.8. The molecule has 0 radical (unpaired) electrons. The van der Waals surface area contributed by atoms with E-state index in [2.05, 4.69) is 6.92 Å². The van der Waals surface area contributed by atoms with Crippen LogP contribution in [0.25, 0.3) is 0 Å². The van der Waals surface area contributed by atoms with Crippen LogP contribution in [0.2, 0.25) is 0 Å². The molecule has 4 nitrogen and oxygen atoms in total. The van der Waals surface area contributed by atoms with Gasteiger partial charge in [-0.05, 0) is 40.0 Å². The summed E-state index contributed by atoms with van der Waals surface area (Å²) in [5.74, 6) is -0.817. The fraction of sp³-hybridized carbons (Fsp3) is 0.765. The number of unbranched alkanes of at least 4 members (excludes halogenated alkanes) is 2. The van der Waals surface area contributed by atoms with Gasteiger partial charge in [-0.25, -0.2) is 4.79 Å². The summed E-state index contributed by atoms with van der Waals surface area (Å²) in [6.07, 6.45) is 5.85. The minimum atomic E-state index is -1.71. The Balaban J connectivity index is 4.62. The molecule has 0 aliphatic rings. The lowest BCUT2D eigenvalue weighted by Gasteiger charge is -2.31. The average molecular weight is 402 g/mol. The van der Waals surface area contributed by atoms with E-state index in [1.807, 2.05) is 0 Å². The molecule has 0 unspecified atom stereocenters. The molecule has 0 saturated heterocycles. The number of alkyl halides is 3. The van der Waals surface area contributed by atoms with Gasteiger partial charge in [-0.2, -0.15) is 0 Å². The Labute approximate surface area is 159 Å². The highest BCUT2D eigenvalue weighted by Crippen LogP contribution is 2.40. The van der Waals surface area contributed by atoms with Crippen molar-refractivity contribution in [2.24, 2.45) is 0 Å². The predicted molar refractivity (Wildman–Crippen MR) is 98.6 cm³/mol. The molecule has 0 heterocycles. The van der Waals surface area contributed by atoms with Crippen molar-refractivity contribution in [3.05, 3.63) is 11.6 Å². The zero-order valence-electron chi connectivity index (χ0n) is 14.8. The normalized spacial score (nSPS) is 12.9. The minimum absolute atomic E-state index is 0.0981. The van der Waals surface area contributed by atoms with E-state index in [4.69, 9.17) is 44.3 Å². The molecule has 0 amide bonds. The zero-order chi connectivity index (χ0) is 18.8. The summed E-state index contributed by atoms with van der Waals surface area (Å²) in [6, 6.07) is 0. The van der Waals surface area contributed by atoms with Gasteiger partial charge < -0.3 is 9.47 Å². The fourth-order valence-corrected chi connectivity index (χ4v) is 1.95. The van der Waals surface area contributed by atoms with Gasteiger partial charge in [0.05, 0.1) is 6.61 Å². The maximum atomic E-state index is 11.9. The van der Waals surface area contributed by atoms with Crippen LogP contribution in [0.1, 0.15) is 66.2 Å². The van der Waals surface area contributed by atoms with Crippen molar-refractivity contribution in [2.75, 3.05) is 6.61 Å². The van der Waals surface area contributed by atoms with E-state index >= 15 is 0 Å². The highest BCUT2D eigenvalue weighted by molar-refractivity contribution is 6.68. The minimum Gasteiger partial charge on any atom is -0.463 e. The molecular formula is C17H27Cl3O4. The van der Waals surface area contributed by atoms with Gasteiger partial charge in [0.1, 0.15) is 0 Å². The van der Waals surface area contributed by atoms with Crippen molar-refractivity contribution in [2.45, 2.75) is 75.6 Å². The lowest BCUT2D eigenvalue weighted by atomic mass is 10.1. The van der Waals surface area contributed by atoms with Crippen molar-refractivity contribution in [3.63, 3.8) is 0 Å². The standard InChI is InChI=1S/C17H27Cl3O4/c1-5-7-8-10-13(15(22)23-6-2)11-9-12-14(21)24-16(3,4)17(18,19)20/h11H,5-10,12H2,1-4H3/b13-11-. The smallest absolute Gasteiger partial charge is 0.333 e. The molecule has 0 fully saturated rings. The number of halogens is 3. The summed E-state index contributed by atoms with van der Waals surface area (Å²) >= 11 is 17.3. The van der Waals surface area contributed by atoms with Crippen molar-refractivity contribution >= 4 is 46.7 Å². The van der Waals surface area contributed by atoms with E-state index in [-0.39, 0.29) is 12.4 Å². The number of ether oxygens (including phenoxy) is 2. The molecular weight excluding hydrogens is 375 g/mol. The Hall–Kier alpha value is -0.450. The Morgan fingerprint density at radius 3 is 2.17 bits per heavy atom. The molecule has 0 atom stereocenters. The van der Waals surface area contributed by atoms with Crippen LogP contribution in [0.5, 0.6) is 0 Å². The molecule has 0 aromatic heterocycles. The van der Waals surface area contributed by atoms with Gasteiger partial charge in [0.2, 0.25) is 3.79 Å². The van der Waals surface area contributed by atoms with Crippen molar-refractivity contribution in [1.29, 1.82) is 0 Å². The van der Waals surface area contributed by atoms with E-state index in [0.29, 0.717) is 25.0 Å². The molecule has 140 valence electrons. The Morgan fingerprint density at radius 2 is 1.67 bits per heavy atom. The van der Waals surface area contributed by atoms with Crippen molar-refractivity contribution in [1.82, 2.24) is 0 Å². The first-order valence-corrected chi connectivity index (χ1v) is 9.33. The lowest BCUT2D eigenvalue weighted by molar-refractivity contribution is -0.156. The van der Waals surface area contributed by atoms with Crippen molar-refractivity contribution in [3.8, 4) is 0 Å². The third kappa shape index (κ3) is 9.14. The Bertz CT molecular complexity index is 440. The first-order chi connectivity index (χ1) is 11.0. The van der Waals surface area contributed by atoms with Crippen LogP contribution < -0.4 is 0 Å². The van der Waals surface area contributed by atoms with Crippen LogP contribution in [-0.2, 0) is 19.1 Å². The van der Waals surface area contributed by atoms with Crippen LogP contribution in [0.4, 0.5) is 0 Å². The van der Waals surface area contributed by atoms with E-state index in [9.17, 15) is 9.59 Å². The van der Waals surface area contributed by atoms with Gasteiger partial charge in [0, 0.05) is 12.0 Å². The molecule has 0 aromatic rings. The summed E-state index contributed by atoms with van der Waals surface area (Å²) in [6.45, 7) is 7.24. The van der Waals surface area contributed by atoms with Gasteiger partial charge in [-0.1, -0.05) is 60.6 Å². The monoisotopic (exact) mass is 400 g/mol. The summed E-state index contributed by atoms with van der Waals surface area (Å²) in [5.41, 5.74) is -0.637. The van der Waals surface area contributed by atoms with Gasteiger partial charge in [0.15, 0.2) is 5.60 Å². The number of hydrogen-bond donors (Lipinski definition) is 0. The zero-order valence-corrected chi connectivity index (χ0v) is 17.1. The van der Waals surface area contributed by atoms with Gasteiger partial charge in [0.25, 0.3) is 0 Å². The second-order valence-corrected chi connectivity index (χ2v) is 8.21. The predicted octanol–water partition coefficient (Wildman–Crippen LogP) is 5.53. The average Bonchev–Trinajstić information content (AvgIpc) is 2.44. The van der Waals surface area contributed by atoms with E-state index in [1.165, 1.54) is 13.8 Å². The maximum absolute atomic E-state index is 11.9. The highest BCUT2D eigenvalue weighted by Gasteiger charge is 2.43. The van der Waals surface area contributed by atoms with Crippen LogP contribution in [0, 0.1) is 0 Å². The SMILES string of the molecule is CCCCC/C(=C/CCC(=O)OC(C)(C)C(Cl)(Cl)Cl)C(=O)OCC. The number of carbonyl (C=O) groups excluding carboxylic acids is 2. The second-order valence-electron chi connectivity index (χ2n) is 5.93. The molecule has 0 spiro atoms. The van der Waals surface area contributed by atoms with Gasteiger partial charge >= 0.3 is 11.9 Å². The van der Waals surface area contributed by atoms with Crippen LogP contribution in [0.15, 0.2) is 11.6 Å². The van der Waals surface area contributed by atoms with Crippen molar-refractivity contribution < 1.29 is 19.1 Å². The van der Waals surface area contributed by atoms with Gasteiger partial charge in [-0.15, -0.1) is 0 Å². The highest BCUT2D eigenvalue weighted by atomic mass is 35.6. The Morgan fingerprint density at radius 1 is 1.04 bits per heavy atom. The molecule has 0 bridgehead atoms. The van der Waals surface area contributed by atoms with E-state index in [0.717, 1.165) is 19.3 Å². The molecule has 0 rings (SSSR count). The molecule has 0 N–H and O–H groups in total. The first-order valence-electron chi connectivity index (χ1n) is 8.19. The Kier molecular flexibility index (Phi) is 11.0. The first kappa shape index (κ1) is 23.5. The number of esters is 2. The largest absolute Gasteiger partial charge is 0.463 e. The topological polar surface area (TPSA) is 52.6 Å². The maximum Gasteiger partial charge on any atom is 0.333 e. The molecule has 0 saturated carbocycles. The van der Waals surface area contributed by atoms with Crippen LogP contribution >= 0.6 is 34.8 Å². The quantitative estimate of drug-likeness (QED) is 0.209. The van der Waals surface area contributed by atoms with Crippen LogP contribution in [-0.4, -0.2) is 27.9 Å². The summed E-state index contributed by atoms with van der Waals surface area (Å²) in [5, 5.41) is 0. The van der Waals surface area contributed by atoms with E-state index < -0.39 is 15.4 Å². The van der Waals surface area contributed by atoms with E-state index in [1.54, 1.807) is 13.0 Å². The number of hydrogen-bond acceptors (Lipinski definition) is 4. The number of allylic oxidation sites excluding steroid dienone is 1. The summed E-state index contributed by atoms with van der Waals surface area (Å²) < 4.78 is 8.54. The third-order valence-corrected chi connectivity index (χ3v) is 4.74. The molecule has 0 aliphatic carbocycles. The second kappa shape index (κ2) is 11.2. The van der Waals surface area contributed by atoms with Crippen LogP contribution in [0.3, 0.4) is 0 Å². The fourth-order valence-electron chi connectivity index (χ4n) is 1.83. The number of carbonyl (C=O) groups is 2. The molecule has 0 aromatic carbocycles. The summed E-state index contributed by atoms with van der Waals surface area (Å²) in [7, 11) is 0. The number of rotatable bonds is 10. The van der Waals surface area contributed by atoms with Gasteiger partial charge in [-0.3, -0.25) is 4.79 Å². The third-order valence-electron chi connectivity index (χ3n) is 3.38.